The summed E-state index contributed by atoms with van der Waals surface area (Å²) < 4.78 is 0. The van der Waals surface area contributed by atoms with Crippen LogP contribution in [0.1, 0.15) is 18.5 Å². The first-order valence-corrected chi connectivity index (χ1v) is 9.49. The van der Waals surface area contributed by atoms with Crippen LogP contribution in [0.25, 0.3) is 33.8 Å². The van der Waals surface area contributed by atoms with Crippen LogP contribution in [0.15, 0.2) is 83.2 Å². The Bertz CT molecular complexity index is 1180. The van der Waals surface area contributed by atoms with Crippen LogP contribution in [-0.4, -0.2) is 26.4 Å². The second-order valence-corrected chi connectivity index (χ2v) is 7.14. The molecule has 5 rings (SSSR count). The third-order valence-corrected chi connectivity index (χ3v) is 5.12. The molecule has 2 N–H and O–H groups in total. The largest absolute Gasteiger partial charge is 0.391 e. The molecule has 29 heavy (non-hydrogen) atoms. The Labute approximate surface area is 168 Å². The molecule has 0 amide bonds. The zero-order chi connectivity index (χ0) is 19.8. The van der Waals surface area contributed by atoms with E-state index in [0.29, 0.717) is 0 Å². The van der Waals surface area contributed by atoms with Crippen molar-refractivity contribution < 1.29 is 5.11 Å². The number of rotatable bonds is 4. The van der Waals surface area contributed by atoms with Gasteiger partial charge in [0.05, 0.1) is 23.2 Å². The van der Waals surface area contributed by atoms with E-state index in [4.69, 9.17) is 0 Å². The average Bonchev–Trinajstić information content (AvgIpc) is 3.41. The van der Waals surface area contributed by atoms with E-state index < -0.39 is 6.10 Å². The lowest BCUT2D eigenvalue weighted by Gasteiger charge is -2.10. The molecule has 0 aliphatic carbocycles. The topological polar surface area (TPSA) is 86.5 Å². The number of aliphatic hydroxyl groups is 1. The average molecular weight is 381 g/mol. The van der Waals surface area contributed by atoms with Gasteiger partial charge in [0.15, 0.2) is 0 Å². The number of aliphatic hydroxyl groups excluding tert-OH is 1. The van der Waals surface area contributed by atoms with Crippen LogP contribution < -0.4 is 0 Å². The fourth-order valence-electron chi connectivity index (χ4n) is 3.54. The van der Waals surface area contributed by atoms with Gasteiger partial charge >= 0.3 is 0 Å². The third kappa shape index (κ3) is 3.23. The molecule has 0 spiro atoms. The maximum atomic E-state index is 9.83. The van der Waals surface area contributed by atoms with Crippen molar-refractivity contribution in [1.29, 1.82) is 0 Å². The number of nitrogens with zero attached hydrogens (tertiary/aromatic N) is 4. The molecule has 142 valence electrons. The van der Waals surface area contributed by atoms with E-state index >= 15 is 0 Å². The van der Waals surface area contributed by atoms with Gasteiger partial charge in [-0.2, -0.15) is 15.3 Å². The Morgan fingerprint density at radius 1 is 0.897 bits per heavy atom. The Kier molecular flexibility index (Phi) is 4.26. The number of hydrogen-bond donors (Lipinski definition) is 2. The minimum absolute atomic E-state index is 0.288. The van der Waals surface area contributed by atoms with Crippen molar-refractivity contribution in [3.8, 4) is 33.8 Å². The van der Waals surface area contributed by atoms with Crippen LogP contribution in [-0.2, 0) is 0 Å². The highest BCUT2D eigenvalue weighted by Crippen LogP contribution is 2.40. The van der Waals surface area contributed by atoms with Gasteiger partial charge < -0.3 is 5.11 Å². The summed E-state index contributed by atoms with van der Waals surface area (Å²) in [4.78, 5) is 4.58. The second-order valence-electron chi connectivity index (χ2n) is 7.14. The minimum atomic E-state index is -0.561. The van der Waals surface area contributed by atoms with Crippen molar-refractivity contribution in [2.45, 2.75) is 19.1 Å². The second kappa shape index (κ2) is 7.07. The molecule has 0 bridgehead atoms. The maximum Gasteiger partial charge on any atom is 0.124 e. The molecule has 2 aromatic carbocycles. The highest BCUT2D eigenvalue weighted by atomic mass is 16.3. The maximum absolute atomic E-state index is 9.83. The smallest absolute Gasteiger partial charge is 0.124 e. The molecule has 1 aliphatic heterocycles. The number of H-pyrrole nitrogens is 1. The molecule has 6 nitrogen and oxygen atoms in total. The van der Waals surface area contributed by atoms with Gasteiger partial charge in [0.25, 0.3) is 0 Å². The zero-order valence-electron chi connectivity index (χ0n) is 15.8. The SMILES string of the molecule is CC(O)C1N=Nc2cc(-c3cc(-c4ccc(-c5ccccc5)cn4)n[nH]3)ccc21. The van der Waals surface area contributed by atoms with Gasteiger partial charge in [-0.05, 0) is 30.7 Å². The van der Waals surface area contributed by atoms with E-state index in [1.807, 2.05) is 54.7 Å². The Morgan fingerprint density at radius 3 is 2.48 bits per heavy atom. The number of azo groups is 1. The molecule has 0 saturated carbocycles. The summed E-state index contributed by atoms with van der Waals surface area (Å²) in [5.41, 5.74) is 7.38. The van der Waals surface area contributed by atoms with Crippen LogP contribution in [0.4, 0.5) is 5.69 Å². The fourth-order valence-corrected chi connectivity index (χ4v) is 3.54. The Hall–Kier alpha value is -3.64. The third-order valence-electron chi connectivity index (χ3n) is 5.12. The van der Waals surface area contributed by atoms with Crippen LogP contribution in [0, 0.1) is 0 Å². The molecule has 3 heterocycles. The van der Waals surface area contributed by atoms with Gasteiger partial charge in [-0.3, -0.25) is 10.1 Å². The summed E-state index contributed by atoms with van der Waals surface area (Å²) in [5.74, 6) is 0. The lowest BCUT2D eigenvalue weighted by atomic mass is 9.99. The predicted molar refractivity (Wildman–Crippen MR) is 112 cm³/mol. The van der Waals surface area contributed by atoms with Gasteiger partial charge in [0.2, 0.25) is 0 Å². The first-order valence-electron chi connectivity index (χ1n) is 9.49. The number of fused-ring (bicyclic) bond motifs is 1. The number of hydrogen-bond acceptors (Lipinski definition) is 5. The fraction of sp³-hybridized carbons (Fsp3) is 0.130. The van der Waals surface area contributed by atoms with E-state index in [9.17, 15) is 5.11 Å². The van der Waals surface area contributed by atoms with Crippen LogP contribution in [0.2, 0.25) is 0 Å². The monoisotopic (exact) mass is 381 g/mol. The molecule has 0 saturated heterocycles. The van der Waals surface area contributed by atoms with E-state index in [1.165, 1.54) is 0 Å². The van der Waals surface area contributed by atoms with E-state index in [1.54, 1.807) is 6.92 Å². The number of benzene rings is 2. The molecular formula is C23H19N5O. The van der Waals surface area contributed by atoms with E-state index in [-0.39, 0.29) is 6.04 Å². The van der Waals surface area contributed by atoms with Crippen molar-refractivity contribution in [3.05, 3.63) is 78.5 Å². The van der Waals surface area contributed by atoms with Crippen molar-refractivity contribution in [2.24, 2.45) is 10.2 Å². The van der Waals surface area contributed by atoms with Crippen LogP contribution >= 0.6 is 0 Å². The highest BCUT2D eigenvalue weighted by Gasteiger charge is 2.25. The van der Waals surface area contributed by atoms with Crippen molar-refractivity contribution in [1.82, 2.24) is 15.2 Å². The first-order chi connectivity index (χ1) is 14.2. The first kappa shape index (κ1) is 17.5. The normalized spacial score (nSPS) is 16.0. The summed E-state index contributed by atoms with van der Waals surface area (Å²) >= 11 is 0. The zero-order valence-corrected chi connectivity index (χ0v) is 15.8. The van der Waals surface area contributed by atoms with Crippen LogP contribution in [0.5, 0.6) is 0 Å². The molecule has 2 aromatic heterocycles. The summed E-state index contributed by atoms with van der Waals surface area (Å²) in [6.07, 6.45) is 1.31. The molecule has 4 aromatic rings. The molecule has 2 unspecified atom stereocenters. The van der Waals surface area contributed by atoms with Crippen LogP contribution in [0.3, 0.4) is 0 Å². The predicted octanol–water partition coefficient (Wildman–Crippen LogP) is 5.32. The molecular weight excluding hydrogens is 362 g/mol. The molecule has 0 fully saturated rings. The summed E-state index contributed by atoms with van der Waals surface area (Å²) in [6.45, 7) is 1.73. The Balaban J connectivity index is 1.41. The Morgan fingerprint density at radius 2 is 1.72 bits per heavy atom. The number of aromatic amines is 1. The van der Waals surface area contributed by atoms with Gasteiger partial charge in [-0.15, -0.1) is 0 Å². The van der Waals surface area contributed by atoms with Gasteiger partial charge in [0, 0.05) is 22.9 Å². The lowest BCUT2D eigenvalue weighted by molar-refractivity contribution is 0.165. The molecule has 1 aliphatic rings. The minimum Gasteiger partial charge on any atom is -0.391 e. The number of nitrogens with one attached hydrogen (secondary N) is 1. The van der Waals surface area contributed by atoms with Gasteiger partial charge in [-0.25, -0.2) is 0 Å². The number of pyridine rings is 1. The lowest BCUT2D eigenvalue weighted by Crippen LogP contribution is -2.09. The van der Waals surface area contributed by atoms with Crippen molar-refractivity contribution in [2.75, 3.05) is 0 Å². The molecule has 0 radical (unpaired) electrons. The van der Waals surface area contributed by atoms with Crippen molar-refractivity contribution >= 4 is 5.69 Å². The summed E-state index contributed by atoms with van der Waals surface area (Å²) in [6, 6.07) is 21.8. The van der Waals surface area contributed by atoms with E-state index in [2.05, 4.69) is 43.6 Å². The van der Waals surface area contributed by atoms with Gasteiger partial charge in [-0.1, -0.05) is 48.5 Å². The molecule has 6 heteroatoms. The summed E-state index contributed by atoms with van der Waals surface area (Å²) in [5, 5.41) is 25.7. The van der Waals surface area contributed by atoms with E-state index in [0.717, 1.165) is 45.0 Å². The number of aromatic nitrogens is 3. The van der Waals surface area contributed by atoms with Gasteiger partial charge in [0.1, 0.15) is 11.7 Å². The molecule has 2 atom stereocenters. The summed E-state index contributed by atoms with van der Waals surface area (Å²) in [7, 11) is 0. The quantitative estimate of drug-likeness (QED) is 0.501. The standard InChI is InChI=1S/C23H19N5O/c1-14(29)23-18-9-7-16(11-21(18)26-28-23)20-12-22(27-25-20)19-10-8-17(13-24-19)15-5-3-2-4-6-15/h2-14,23,29H,1H3,(H,25,27). The van der Waals surface area contributed by atoms with Crippen molar-refractivity contribution in [3.63, 3.8) is 0 Å². The highest BCUT2D eigenvalue weighted by molar-refractivity contribution is 5.71.